The fourth-order valence-corrected chi connectivity index (χ4v) is 6.58. The van der Waals surface area contributed by atoms with Gasteiger partial charge in [0.1, 0.15) is 11.6 Å². The summed E-state index contributed by atoms with van der Waals surface area (Å²) in [5, 5.41) is 7.19. The highest BCUT2D eigenvalue weighted by Gasteiger charge is 2.28. The lowest BCUT2D eigenvalue weighted by Gasteiger charge is -2.42. The minimum absolute atomic E-state index is 0.361. The molecule has 13 heteroatoms. The maximum atomic E-state index is 12.3. The van der Waals surface area contributed by atoms with Crippen LogP contribution in [-0.4, -0.2) is 96.0 Å². The van der Waals surface area contributed by atoms with E-state index >= 15 is 0 Å². The van der Waals surface area contributed by atoms with Crippen LogP contribution in [0.25, 0.3) is 0 Å². The molecule has 0 bridgehead atoms. The number of rotatable bonds is 8. The van der Waals surface area contributed by atoms with Gasteiger partial charge in [-0.05, 0) is 54.0 Å². The van der Waals surface area contributed by atoms with Gasteiger partial charge in [-0.25, -0.2) is 9.19 Å². The summed E-state index contributed by atoms with van der Waals surface area (Å²) >= 11 is 10.4. The molecule has 3 heterocycles. The topological polar surface area (TPSA) is 98.2 Å². The molecule has 0 saturated carbocycles. The fourth-order valence-electron chi connectivity index (χ4n) is 5.37. The molecule has 0 amide bonds. The Morgan fingerprint density at radius 3 is 2.45 bits per heavy atom. The number of piperazine rings is 1. The monoisotopic (exact) mass is 676 g/mol. The minimum atomic E-state index is -2.34. The molecule has 3 aromatic rings. The molecule has 2 aliphatic heterocycles. The molecule has 0 spiro atoms. The summed E-state index contributed by atoms with van der Waals surface area (Å²) in [4.78, 5) is 16.5. The largest absolute Gasteiger partial charge is 0.494 e. The third kappa shape index (κ3) is 7.65. The van der Waals surface area contributed by atoms with E-state index in [0.717, 1.165) is 57.8 Å². The Balaban J connectivity index is 1.31. The Morgan fingerprint density at radius 1 is 1.05 bits per heavy atom. The quantitative estimate of drug-likeness (QED) is 0.299. The van der Waals surface area contributed by atoms with E-state index in [9.17, 15) is 4.21 Å². The van der Waals surface area contributed by atoms with Crippen LogP contribution in [0.2, 0.25) is 5.02 Å². The number of methoxy groups -OCH3 is 1. The number of piperidine rings is 1. The van der Waals surface area contributed by atoms with Gasteiger partial charge in [-0.1, -0.05) is 23.7 Å². The maximum absolute atomic E-state index is 12.3. The molecular formula is C29H38BrClN8O2S. The van der Waals surface area contributed by atoms with Crippen LogP contribution in [0.4, 0.5) is 34.5 Å². The molecule has 2 aromatic carbocycles. The summed E-state index contributed by atoms with van der Waals surface area (Å²) in [7, 11) is 1.50. The van der Waals surface area contributed by atoms with Crippen molar-refractivity contribution in [2.45, 2.75) is 18.9 Å². The zero-order valence-corrected chi connectivity index (χ0v) is 27.6. The molecule has 1 aromatic heterocycles. The molecular weight excluding hydrogens is 640 g/mol. The highest BCUT2D eigenvalue weighted by Crippen LogP contribution is 2.39. The maximum Gasteiger partial charge on any atom is 0.229 e. The highest BCUT2D eigenvalue weighted by molar-refractivity contribution is 9.10. The van der Waals surface area contributed by atoms with Gasteiger partial charge in [0.15, 0.2) is 0 Å². The van der Waals surface area contributed by atoms with Crippen molar-refractivity contribution in [2.75, 3.05) is 81.5 Å². The van der Waals surface area contributed by atoms with Gasteiger partial charge < -0.3 is 25.2 Å². The summed E-state index contributed by atoms with van der Waals surface area (Å²) in [5.74, 6) is 1.54. The lowest BCUT2D eigenvalue weighted by Crippen LogP contribution is -2.52. The van der Waals surface area contributed by atoms with E-state index in [1.165, 1.54) is 0 Å². The smallest absolute Gasteiger partial charge is 0.229 e. The summed E-state index contributed by atoms with van der Waals surface area (Å²) in [6.45, 7) is 6.48. The standard InChI is InChI=1S/C29H38BrClN8O2S/c1-37-13-15-38(16-14-37)20-9-11-39(12-10-20)26-18-27(41-2)25(17-22(26)31)34-29-32-19-21(30)28(35-29)33-23-7-5-6-8-24(23)36-42(3,4)40/h5-8,17-20H,9-16H2,1-4H3,(H2,32,33,34,35). The second-order valence-electron chi connectivity index (χ2n) is 11.0. The second kappa shape index (κ2) is 13.3. The van der Waals surface area contributed by atoms with Gasteiger partial charge in [0.25, 0.3) is 0 Å². The predicted octanol–water partition coefficient (Wildman–Crippen LogP) is 5.96. The Morgan fingerprint density at radius 2 is 1.76 bits per heavy atom. The van der Waals surface area contributed by atoms with E-state index < -0.39 is 9.73 Å². The van der Waals surface area contributed by atoms with Gasteiger partial charge >= 0.3 is 0 Å². The fraction of sp³-hybridized carbons (Fsp3) is 0.448. The molecule has 5 rings (SSSR count). The van der Waals surface area contributed by atoms with Crippen LogP contribution < -0.4 is 20.3 Å². The van der Waals surface area contributed by atoms with Gasteiger partial charge in [-0.15, -0.1) is 0 Å². The number of likely N-dealkylation sites (N-methyl/N-ethyl adjacent to an activating group) is 1. The van der Waals surface area contributed by atoms with Crippen molar-refractivity contribution in [3.63, 3.8) is 0 Å². The first-order valence-electron chi connectivity index (χ1n) is 14.0. The first-order chi connectivity index (χ1) is 20.1. The zero-order chi connectivity index (χ0) is 29.9. The lowest BCUT2D eigenvalue weighted by molar-refractivity contribution is 0.0982. The van der Waals surface area contributed by atoms with Gasteiger partial charge in [-0.2, -0.15) is 9.35 Å². The Kier molecular flexibility index (Phi) is 9.78. The molecule has 0 aliphatic carbocycles. The van der Waals surface area contributed by atoms with Crippen molar-refractivity contribution >= 4 is 71.8 Å². The number of nitrogens with zero attached hydrogens (tertiary/aromatic N) is 6. The number of anilines is 5. The highest BCUT2D eigenvalue weighted by atomic mass is 79.9. The van der Waals surface area contributed by atoms with Gasteiger partial charge in [0.2, 0.25) is 5.95 Å². The number of benzene rings is 2. The van der Waals surface area contributed by atoms with Crippen molar-refractivity contribution in [1.29, 1.82) is 0 Å². The van der Waals surface area contributed by atoms with Crippen molar-refractivity contribution in [2.24, 2.45) is 4.36 Å². The number of hydrogen-bond donors (Lipinski definition) is 2. The number of aromatic nitrogens is 2. The van der Waals surface area contributed by atoms with E-state index in [1.54, 1.807) is 25.8 Å². The number of hydrogen-bond acceptors (Lipinski definition) is 10. The SMILES string of the molecule is COc1cc(N2CCC(N3CCN(C)CC3)CC2)c(Cl)cc1Nc1ncc(Br)c(Nc2ccccc2N=S(C)(C)=O)n1. The Labute approximate surface area is 262 Å². The molecule has 2 aliphatic rings. The van der Waals surface area contributed by atoms with E-state index in [-0.39, 0.29) is 0 Å². The third-order valence-electron chi connectivity index (χ3n) is 7.59. The van der Waals surface area contributed by atoms with E-state index in [2.05, 4.69) is 62.6 Å². The Hall–Kier alpha value is -2.64. The summed E-state index contributed by atoms with van der Waals surface area (Å²) in [5.41, 5.74) is 2.91. The van der Waals surface area contributed by atoms with Crippen molar-refractivity contribution in [3.8, 4) is 5.75 Å². The van der Waals surface area contributed by atoms with Crippen LogP contribution in [0.5, 0.6) is 5.75 Å². The number of nitrogens with one attached hydrogen (secondary N) is 2. The minimum Gasteiger partial charge on any atom is -0.494 e. The van der Waals surface area contributed by atoms with E-state index in [1.807, 2.05) is 36.4 Å². The molecule has 10 nitrogen and oxygen atoms in total. The molecule has 0 unspecified atom stereocenters. The normalized spacial score (nSPS) is 17.2. The van der Waals surface area contributed by atoms with Crippen LogP contribution >= 0.6 is 27.5 Å². The van der Waals surface area contributed by atoms with Crippen LogP contribution in [0, 0.1) is 0 Å². The van der Waals surface area contributed by atoms with Crippen LogP contribution in [0.1, 0.15) is 12.8 Å². The van der Waals surface area contributed by atoms with E-state index in [4.69, 9.17) is 16.3 Å². The van der Waals surface area contributed by atoms with Crippen LogP contribution in [0.15, 0.2) is 51.4 Å². The summed E-state index contributed by atoms with van der Waals surface area (Å²) in [6.07, 6.45) is 7.11. The molecule has 42 heavy (non-hydrogen) atoms. The number of ether oxygens (including phenoxy) is 1. The second-order valence-corrected chi connectivity index (χ2v) is 14.8. The Bertz CT molecular complexity index is 1530. The molecule has 2 fully saturated rings. The molecule has 2 saturated heterocycles. The number of halogens is 2. The van der Waals surface area contributed by atoms with Crippen molar-refractivity contribution in [3.05, 3.63) is 52.1 Å². The first kappa shape index (κ1) is 30.8. The zero-order valence-electron chi connectivity index (χ0n) is 24.4. The average Bonchev–Trinajstić information content (AvgIpc) is 2.96. The van der Waals surface area contributed by atoms with Crippen molar-refractivity contribution in [1.82, 2.24) is 19.8 Å². The summed E-state index contributed by atoms with van der Waals surface area (Å²) in [6, 6.07) is 11.9. The first-order valence-corrected chi connectivity index (χ1v) is 17.5. The van der Waals surface area contributed by atoms with Gasteiger partial charge in [0.05, 0.1) is 39.4 Å². The van der Waals surface area contributed by atoms with Crippen LogP contribution in [0.3, 0.4) is 0 Å². The predicted molar refractivity (Wildman–Crippen MR) is 177 cm³/mol. The lowest BCUT2D eigenvalue weighted by atomic mass is 10.0. The number of para-hydroxylation sites is 1. The molecule has 0 radical (unpaired) electrons. The van der Waals surface area contributed by atoms with Gasteiger partial charge in [-0.3, -0.25) is 4.90 Å². The average molecular weight is 678 g/mol. The summed E-state index contributed by atoms with van der Waals surface area (Å²) < 4.78 is 23.1. The van der Waals surface area contributed by atoms with Gasteiger partial charge in [0, 0.05) is 79.8 Å². The third-order valence-corrected chi connectivity index (χ3v) is 9.11. The molecule has 2 N–H and O–H groups in total. The van der Waals surface area contributed by atoms with Crippen LogP contribution in [-0.2, 0) is 9.73 Å². The van der Waals surface area contributed by atoms with Crippen molar-refractivity contribution < 1.29 is 8.95 Å². The van der Waals surface area contributed by atoms with E-state index in [0.29, 0.717) is 50.1 Å². The molecule has 0 atom stereocenters. The molecule has 226 valence electrons.